The summed E-state index contributed by atoms with van der Waals surface area (Å²) in [5, 5.41) is 4.17. The first-order valence-corrected chi connectivity index (χ1v) is 8.66. The van der Waals surface area contributed by atoms with Crippen LogP contribution in [0.1, 0.15) is 34.9 Å². The van der Waals surface area contributed by atoms with Crippen LogP contribution in [-0.4, -0.2) is 25.0 Å². The Labute approximate surface area is 152 Å². The smallest absolute Gasteiger partial charge is 0.170 e. The minimum atomic E-state index is -0.00420. The predicted molar refractivity (Wildman–Crippen MR) is 101 cm³/mol. The Morgan fingerprint density at radius 2 is 1.84 bits per heavy atom. The van der Waals surface area contributed by atoms with Gasteiger partial charge in [-0.2, -0.15) is 0 Å². The highest BCUT2D eigenvalue weighted by atomic mass is 32.1. The van der Waals surface area contributed by atoms with E-state index in [4.69, 9.17) is 12.2 Å². The lowest BCUT2D eigenvalue weighted by molar-refractivity contribution is 0.303. The fourth-order valence-electron chi connectivity index (χ4n) is 3.28. The van der Waals surface area contributed by atoms with E-state index in [-0.39, 0.29) is 12.1 Å². The van der Waals surface area contributed by atoms with E-state index in [9.17, 15) is 0 Å². The molecule has 0 spiro atoms. The molecule has 3 aromatic heterocycles. The molecule has 4 rings (SSSR count). The standard InChI is InChI=1S/C19H19N5S/c1-13-8-9-16(22-13)18-17(15-7-3-5-11-21-15)23-19(25)24(18)12-14-6-2-4-10-20-14/h2-11,17-18,22H,12H2,1H3,(H,23,25)/t17-,18+/m1/s1. The van der Waals surface area contributed by atoms with Crippen LogP contribution < -0.4 is 5.32 Å². The monoisotopic (exact) mass is 349 g/mol. The summed E-state index contributed by atoms with van der Waals surface area (Å²) < 4.78 is 0. The zero-order valence-electron chi connectivity index (χ0n) is 13.9. The highest BCUT2D eigenvalue weighted by Crippen LogP contribution is 2.38. The topological polar surface area (TPSA) is 56.8 Å². The first kappa shape index (κ1) is 15.8. The average Bonchev–Trinajstić information content (AvgIpc) is 3.20. The number of thiocarbonyl (C=S) groups is 1. The van der Waals surface area contributed by atoms with Crippen molar-refractivity contribution >= 4 is 17.3 Å². The van der Waals surface area contributed by atoms with Crippen molar-refractivity contribution in [2.24, 2.45) is 0 Å². The molecule has 0 aliphatic carbocycles. The van der Waals surface area contributed by atoms with Gasteiger partial charge < -0.3 is 15.2 Å². The fourth-order valence-corrected chi connectivity index (χ4v) is 3.58. The van der Waals surface area contributed by atoms with Gasteiger partial charge in [-0.25, -0.2) is 0 Å². The third-order valence-electron chi connectivity index (χ3n) is 4.43. The molecule has 1 aliphatic rings. The van der Waals surface area contributed by atoms with E-state index in [1.54, 1.807) is 0 Å². The summed E-state index contributed by atoms with van der Waals surface area (Å²) in [6, 6.07) is 16.2. The molecule has 4 heterocycles. The Balaban J connectivity index is 1.72. The zero-order chi connectivity index (χ0) is 17.2. The van der Waals surface area contributed by atoms with Gasteiger partial charge in [0.05, 0.1) is 30.0 Å². The maximum absolute atomic E-state index is 5.65. The Hall–Kier alpha value is -2.73. The van der Waals surface area contributed by atoms with Crippen LogP contribution in [0.15, 0.2) is 60.9 Å². The van der Waals surface area contributed by atoms with Crippen LogP contribution in [0.4, 0.5) is 0 Å². The Morgan fingerprint density at radius 3 is 2.48 bits per heavy atom. The molecule has 1 aliphatic heterocycles. The van der Waals surface area contributed by atoms with E-state index in [2.05, 4.69) is 44.2 Å². The van der Waals surface area contributed by atoms with Crippen molar-refractivity contribution < 1.29 is 0 Å². The molecule has 1 saturated heterocycles. The molecule has 0 bridgehead atoms. The second kappa shape index (κ2) is 6.64. The van der Waals surface area contributed by atoms with Crippen molar-refractivity contribution in [3.05, 3.63) is 83.7 Å². The normalized spacial score (nSPS) is 19.9. The summed E-state index contributed by atoms with van der Waals surface area (Å²) in [5.41, 5.74) is 4.22. The van der Waals surface area contributed by atoms with E-state index >= 15 is 0 Å². The number of hydrogen-bond acceptors (Lipinski definition) is 3. The van der Waals surface area contributed by atoms with Gasteiger partial charge in [-0.3, -0.25) is 9.97 Å². The quantitative estimate of drug-likeness (QED) is 0.708. The van der Waals surface area contributed by atoms with Gasteiger partial charge in [0, 0.05) is 23.8 Å². The highest BCUT2D eigenvalue weighted by Gasteiger charge is 2.40. The minimum Gasteiger partial charge on any atom is -0.361 e. The number of aromatic nitrogens is 3. The van der Waals surface area contributed by atoms with Crippen LogP contribution >= 0.6 is 12.2 Å². The lowest BCUT2D eigenvalue weighted by atomic mass is 10.0. The van der Waals surface area contributed by atoms with Gasteiger partial charge in [-0.05, 0) is 55.5 Å². The van der Waals surface area contributed by atoms with Crippen LogP contribution in [0.5, 0.6) is 0 Å². The van der Waals surface area contributed by atoms with E-state index in [1.807, 2.05) is 48.8 Å². The van der Waals surface area contributed by atoms with Gasteiger partial charge in [0.2, 0.25) is 0 Å². The van der Waals surface area contributed by atoms with Crippen molar-refractivity contribution in [1.82, 2.24) is 25.2 Å². The number of aryl methyl sites for hydroxylation is 1. The number of H-pyrrole nitrogens is 1. The molecule has 0 saturated carbocycles. The Bertz CT molecular complexity index is 862. The van der Waals surface area contributed by atoms with Gasteiger partial charge in [0.25, 0.3) is 0 Å². The van der Waals surface area contributed by atoms with Crippen LogP contribution in [0, 0.1) is 6.92 Å². The van der Waals surface area contributed by atoms with E-state index in [0.717, 1.165) is 27.9 Å². The van der Waals surface area contributed by atoms with Gasteiger partial charge >= 0.3 is 0 Å². The highest BCUT2D eigenvalue weighted by molar-refractivity contribution is 7.80. The Morgan fingerprint density at radius 1 is 1.04 bits per heavy atom. The molecule has 0 aromatic carbocycles. The largest absolute Gasteiger partial charge is 0.361 e. The van der Waals surface area contributed by atoms with E-state index in [0.29, 0.717) is 6.54 Å². The van der Waals surface area contributed by atoms with Crippen LogP contribution in [0.3, 0.4) is 0 Å². The van der Waals surface area contributed by atoms with Crippen molar-refractivity contribution in [2.45, 2.75) is 25.6 Å². The average molecular weight is 349 g/mol. The summed E-state index contributed by atoms with van der Waals surface area (Å²) in [4.78, 5) is 14.6. The summed E-state index contributed by atoms with van der Waals surface area (Å²) in [7, 11) is 0. The van der Waals surface area contributed by atoms with E-state index in [1.165, 1.54) is 0 Å². The van der Waals surface area contributed by atoms with Crippen molar-refractivity contribution in [2.75, 3.05) is 0 Å². The summed E-state index contributed by atoms with van der Waals surface area (Å²) in [6.07, 6.45) is 3.63. The van der Waals surface area contributed by atoms with Gasteiger partial charge in [0.15, 0.2) is 5.11 Å². The first-order chi connectivity index (χ1) is 12.2. The van der Waals surface area contributed by atoms with Gasteiger partial charge in [0.1, 0.15) is 0 Å². The number of rotatable bonds is 4. The van der Waals surface area contributed by atoms with Gasteiger partial charge in [-0.1, -0.05) is 12.1 Å². The second-order valence-corrected chi connectivity index (χ2v) is 6.56. The number of pyridine rings is 2. The van der Waals surface area contributed by atoms with E-state index < -0.39 is 0 Å². The molecule has 0 unspecified atom stereocenters. The summed E-state index contributed by atoms with van der Waals surface area (Å²) in [5.74, 6) is 0. The molecule has 126 valence electrons. The fraction of sp³-hybridized carbons (Fsp3) is 0.211. The number of aromatic amines is 1. The number of nitrogens with zero attached hydrogens (tertiary/aromatic N) is 3. The van der Waals surface area contributed by atoms with Crippen molar-refractivity contribution in [1.29, 1.82) is 0 Å². The van der Waals surface area contributed by atoms with Crippen LogP contribution in [-0.2, 0) is 6.54 Å². The second-order valence-electron chi connectivity index (χ2n) is 6.17. The molecule has 5 nitrogen and oxygen atoms in total. The lowest BCUT2D eigenvalue weighted by Gasteiger charge is -2.26. The Kier molecular flexibility index (Phi) is 4.19. The van der Waals surface area contributed by atoms with Crippen LogP contribution in [0.2, 0.25) is 0 Å². The molecule has 2 atom stereocenters. The van der Waals surface area contributed by atoms with Crippen molar-refractivity contribution in [3.63, 3.8) is 0 Å². The maximum Gasteiger partial charge on any atom is 0.170 e. The molecule has 3 aromatic rings. The molecular formula is C19H19N5S. The molecule has 25 heavy (non-hydrogen) atoms. The first-order valence-electron chi connectivity index (χ1n) is 8.26. The minimum absolute atomic E-state index is 0.00420. The lowest BCUT2D eigenvalue weighted by Crippen LogP contribution is -2.29. The zero-order valence-corrected chi connectivity index (χ0v) is 14.7. The van der Waals surface area contributed by atoms with Gasteiger partial charge in [-0.15, -0.1) is 0 Å². The molecule has 0 amide bonds. The van der Waals surface area contributed by atoms with Crippen molar-refractivity contribution in [3.8, 4) is 0 Å². The third-order valence-corrected chi connectivity index (χ3v) is 4.78. The summed E-state index contributed by atoms with van der Waals surface area (Å²) >= 11 is 5.65. The molecule has 0 radical (unpaired) electrons. The maximum atomic E-state index is 5.65. The third kappa shape index (κ3) is 3.13. The molecule has 2 N–H and O–H groups in total. The predicted octanol–water partition coefficient (Wildman–Crippen LogP) is 3.29. The summed E-state index contributed by atoms with van der Waals surface area (Å²) in [6.45, 7) is 2.71. The molecule has 1 fully saturated rings. The molecular weight excluding hydrogens is 330 g/mol. The van der Waals surface area contributed by atoms with Crippen LogP contribution in [0.25, 0.3) is 0 Å². The molecule has 6 heteroatoms. The number of nitrogens with one attached hydrogen (secondary N) is 2. The number of hydrogen-bond donors (Lipinski definition) is 2. The SMILES string of the molecule is Cc1ccc([C@H]2[C@@H](c3ccccn3)NC(=S)N2Cc2ccccn2)[nH]1.